The summed E-state index contributed by atoms with van der Waals surface area (Å²) in [6, 6.07) is 0.499. The molecule has 2 aliphatic heterocycles. The molecule has 0 aliphatic carbocycles. The van der Waals surface area contributed by atoms with Gasteiger partial charge in [-0.05, 0) is 19.9 Å². The second-order valence-corrected chi connectivity index (χ2v) is 6.81. The number of hydrogen-bond donors (Lipinski definition) is 1. The molecule has 2 unspecified atom stereocenters. The zero-order chi connectivity index (χ0) is 11.4. The Morgan fingerprint density at radius 3 is 3.00 bits per heavy atom. The Labute approximate surface area is 106 Å². The highest BCUT2D eigenvalue weighted by Gasteiger charge is 2.29. The standard InChI is InChI=1S/C11H20N2OS2/c1-12-9-3-2-4-13(7-9)11(14)10-8-15-5-6-16-10/h9-10,12H,2-8H2,1H3. The zero-order valence-corrected chi connectivity index (χ0v) is 11.4. The highest BCUT2D eigenvalue weighted by atomic mass is 32.2. The van der Waals surface area contributed by atoms with Gasteiger partial charge in [0, 0.05) is 36.4 Å². The molecule has 2 atom stereocenters. The van der Waals surface area contributed by atoms with E-state index in [2.05, 4.69) is 10.2 Å². The van der Waals surface area contributed by atoms with Crippen molar-refractivity contribution in [2.75, 3.05) is 37.4 Å². The molecule has 2 rings (SSSR count). The summed E-state index contributed by atoms with van der Waals surface area (Å²) in [6.07, 6.45) is 2.34. The summed E-state index contributed by atoms with van der Waals surface area (Å²) >= 11 is 3.76. The fraction of sp³-hybridized carbons (Fsp3) is 0.909. The second-order valence-electron chi connectivity index (χ2n) is 4.35. The molecule has 0 aromatic rings. The van der Waals surface area contributed by atoms with E-state index >= 15 is 0 Å². The number of nitrogens with zero attached hydrogens (tertiary/aromatic N) is 1. The van der Waals surface area contributed by atoms with E-state index in [0.29, 0.717) is 11.9 Å². The number of hydrogen-bond acceptors (Lipinski definition) is 4. The Bertz CT molecular complexity index is 244. The van der Waals surface area contributed by atoms with E-state index in [-0.39, 0.29) is 5.25 Å². The molecule has 0 bridgehead atoms. The first kappa shape index (κ1) is 12.6. The molecule has 2 fully saturated rings. The molecular formula is C11H20N2OS2. The van der Waals surface area contributed by atoms with E-state index in [1.165, 1.54) is 12.2 Å². The monoisotopic (exact) mass is 260 g/mol. The van der Waals surface area contributed by atoms with Crippen molar-refractivity contribution in [2.45, 2.75) is 24.1 Å². The molecule has 92 valence electrons. The van der Waals surface area contributed by atoms with Gasteiger partial charge in [0.25, 0.3) is 0 Å². The maximum Gasteiger partial charge on any atom is 0.236 e. The van der Waals surface area contributed by atoms with Gasteiger partial charge in [-0.2, -0.15) is 11.8 Å². The van der Waals surface area contributed by atoms with Gasteiger partial charge in [-0.15, -0.1) is 11.8 Å². The van der Waals surface area contributed by atoms with E-state index in [9.17, 15) is 4.79 Å². The van der Waals surface area contributed by atoms with Crippen molar-refractivity contribution in [2.24, 2.45) is 0 Å². The Balaban J connectivity index is 1.87. The van der Waals surface area contributed by atoms with Crippen LogP contribution in [0.2, 0.25) is 0 Å². The molecule has 5 heteroatoms. The summed E-state index contributed by atoms with van der Waals surface area (Å²) in [5, 5.41) is 3.50. The van der Waals surface area contributed by atoms with Gasteiger partial charge < -0.3 is 10.2 Å². The van der Waals surface area contributed by atoms with Crippen LogP contribution in [-0.2, 0) is 4.79 Å². The van der Waals surface area contributed by atoms with Gasteiger partial charge in [-0.1, -0.05) is 0 Å². The highest BCUT2D eigenvalue weighted by molar-refractivity contribution is 8.07. The zero-order valence-electron chi connectivity index (χ0n) is 9.78. The highest BCUT2D eigenvalue weighted by Crippen LogP contribution is 2.26. The van der Waals surface area contributed by atoms with Gasteiger partial charge in [0.2, 0.25) is 5.91 Å². The largest absolute Gasteiger partial charge is 0.340 e. The van der Waals surface area contributed by atoms with Crippen molar-refractivity contribution in [3.8, 4) is 0 Å². The topological polar surface area (TPSA) is 32.3 Å². The van der Waals surface area contributed by atoms with Crippen molar-refractivity contribution in [3.63, 3.8) is 0 Å². The Morgan fingerprint density at radius 2 is 2.31 bits per heavy atom. The SMILES string of the molecule is CNC1CCCN(C(=O)C2CSCCS2)C1. The van der Waals surface area contributed by atoms with Crippen molar-refractivity contribution in [3.05, 3.63) is 0 Å². The summed E-state index contributed by atoms with van der Waals surface area (Å²) < 4.78 is 0. The van der Waals surface area contributed by atoms with Gasteiger partial charge >= 0.3 is 0 Å². The maximum absolute atomic E-state index is 12.3. The molecule has 0 saturated carbocycles. The van der Waals surface area contributed by atoms with Crippen LogP contribution in [0, 0.1) is 0 Å². The minimum Gasteiger partial charge on any atom is -0.340 e. The van der Waals surface area contributed by atoms with Crippen LogP contribution >= 0.6 is 23.5 Å². The lowest BCUT2D eigenvalue weighted by Crippen LogP contribution is -2.50. The van der Waals surface area contributed by atoms with Crippen molar-refractivity contribution in [1.82, 2.24) is 10.2 Å². The first-order valence-corrected chi connectivity index (χ1v) is 8.17. The summed E-state index contributed by atoms with van der Waals surface area (Å²) in [5.74, 6) is 3.71. The molecule has 0 spiro atoms. The molecular weight excluding hydrogens is 240 g/mol. The molecule has 0 aromatic carbocycles. The van der Waals surface area contributed by atoms with E-state index in [0.717, 1.165) is 31.0 Å². The molecule has 2 heterocycles. The molecule has 1 amide bonds. The number of amides is 1. The van der Waals surface area contributed by atoms with E-state index < -0.39 is 0 Å². The first-order valence-electron chi connectivity index (χ1n) is 5.96. The van der Waals surface area contributed by atoms with E-state index in [1.807, 2.05) is 30.6 Å². The summed E-state index contributed by atoms with van der Waals surface area (Å²) in [7, 11) is 1.99. The smallest absolute Gasteiger partial charge is 0.236 e. The predicted molar refractivity (Wildman–Crippen MR) is 72.2 cm³/mol. The fourth-order valence-electron chi connectivity index (χ4n) is 2.25. The molecule has 16 heavy (non-hydrogen) atoms. The first-order chi connectivity index (χ1) is 7.81. The number of likely N-dealkylation sites (N-methyl/N-ethyl adjacent to an activating group) is 1. The Hall–Kier alpha value is 0.130. The van der Waals surface area contributed by atoms with Crippen LogP contribution in [0.25, 0.3) is 0 Å². The van der Waals surface area contributed by atoms with Crippen LogP contribution in [0.1, 0.15) is 12.8 Å². The Morgan fingerprint density at radius 1 is 1.44 bits per heavy atom. The van der Waals surface area contributed by atoms with Crippen LogP contribution < -0.4 is 5.32 Å². The number of piperidine rings is 1. The summed E-state index contributed by atoms with van der Waals surface area (Å²) in [5.41, 5.74) is 0. The molecule has 3 nitrogen and oxygen atoms in total. The summed E-state index contributed by atoms with van der Waals surface area (Å²) in [4.78, 5) is 14.3. The van der Waals surface area contributed by atoms with Gasteiger partial charge in [0.1, 0.15) is 0 Å². The lowest BCUT2D eigenvalue weighted by Gasteiger charge is -2.35. The van der Waals surface area contributed by atoms with Crippen LogP contribution in [0.5, 0.6) is 0 Å². The minimum atomic E-state index is 0.217. The van der Waals surface area contributed by atoms with Crippen LogP contribution in [0.4, 0.5) is 0 Å². The minimum absolute atomic E-state index is 0.217. The van der Waals surface area contributed by atoms with Crippen molar-refractivity contribution >= 4 is 29.4 Å². The van der Waals surface area contributed by atoms with Crippen LogP contribution in [0.3, 0.4) is 0 Å². The number of thioether (sulfide) groups is 2. The molecule has 2 aliphatic rings. The van der Waals surface area contributed by atoms with Gasteiger partial charge in [-0.25, -0.2) is 0 Å². The lowest BCUT2D eigenvalue weighted by atomic mass is 10.1. The molecule has 2 saturated heterocycles. The average molecular weight is 260 g/mol. The third-order valence-electron chi connectivity index (χ3n) is 3.23. The molecule has 0 aromatic heterocycles. The third-order valence-corrected chi connectivity index (χ3v) is 5.97. The van der Waals surface area contributed by atoms with Crippen molar-refractivity contribution in [1.29, 1.82) is 0 Å². The van der Waals surface area contributed by atoms with Crippen LogP contribution in [0.15, 0.2) is 0 Å². The van der Waals surface area contributed by atoms with Gasteiger partial charge in [0.15, 0.2) is 0 Å². The second kappa shape index (κ2) is 6.17. The maximum atomic E-state index is 12.3. The quantitative estimate of drug-likeness (QED) is 0.804. The fourth-order valence-corrected chi connectivity index (χ4v) is 4.88. The normalized spacial score (nSPS) is 31.4. The Kier molecular flexibility index (Phi) is 4.85. The van der Waals surface area contributed by atoms with Crippen LogP contribution in [-0.4, -0.2) is 59.5 Å². The van der Waals surface area contributed by atoms with Gasteiger partial charge in [0.05, 0.1) is 5.25 Å². The molecule has 1 N–H and O–H groups in total. The summed E-state index contributed by atoms with van der Waals surface area (Å²) in [6.45, 7) is 1.86. The molecule has 0 radical (unpaired) electrons. The number of rotatable bonds is 2. The number of nitrogens with one attached hydrogen (secondary N) is 1. The van der Waals surface area contributed by atoms with Crippen molar-refractivity contribution < 1.29 is 4.79 Å². The lowest BCUT2D eigenvalue weighted by molar-refractivity contribution is -0.131. The number of carbonyl (C=O) groups is 1. The number of likely N-dealkylation sites (tertiary alicyclic amines) is 1. The third kappa shape index (κ3) is 3.08. The average Bonchev–Trinajstić information content (AvgIpc) is 2.39. The van der Waals surface area contributed by atoms with E-state index in [1.54, 1.807) is 0 Å². The predicted octanol–water partition coefficient (Wildman–Crippen LogP) is 1.05. The van der Waals surface area contributed by atoms with E-state index in [4.69, 9.17) is 0 Å². The van der Waals surface area contributed by atoms with Gasteiger partial charge in [-0.3, -0.25) is 4.79 Å². The number of carbonyl (C=O) groups excluding carboxylic acids is 1.